The molecule has 0 aliphatic carbocycles. The maximum atomic E-state index is 16.3. The summed E-state index contributed by atoms with van der Waals surface area (Å²) in [5, 5.41) is 23.4. The maximum absolute atomic E-state index is 16.3. The van der Waals surface area contributed by atoms with Crippen LogP contribution in [0.5, 0.6) is 0 Å². The number of hydroxylamine groups is 2. The molecule has 2 saturated heterocycles. The van der Waals surface area contributed by atoms with E-state index in [1.165, 1.54) is 6.92 Å². The minimum Gasteiger partial charge on any atom is -0.482 e. The van der Waals surface area contributed by atoms with Crippen molar-refractivity contribution in [1.29, 1.82) is 0 Å². The molecule has 166 valence electrons. The Morgan fingerprint density at radius 2 is 2.17 bits per heavy atom. The van der Waals surface area contributed by atoms with Gasteiger partial charge in [-0.15, -0.1) is 5.06 Å². The summed E-state index contributed by atoms with van der Waals surface area (Å²) in [6.07, 6.45) is -8.97. The Morgan fingerprint density at radius 3 is 2.69 bits per heavy atom. The van der Waals surface area contributed by atoms with Gasteiger partial charge in [-0.2, -0.15) is 17.6 Å². The predicted molar refractivity (Wildman–Crippen MR) is 89.6 cm³/mol. The first kappa shape index (κ1) is 22.0. The second-order valence-electron chi connectivity index (χ2n) is 7.21. The van der Waals surface area contributed by atoms with Crippen LogP contribution in [0.4, 0.5) is 22.4 Å². The molecule has 13 heteroatoms. The minimum absolute atomic E-state index is 0.107. The zero-order chi connectivity index (χ0) is 21.6. The van der Waals surface area contributed by atoms with Gasteiger partial charge in [0.1, 0.15) is 0 Å². The van der Waals surface area contributed by atoms with Crippen molar-refractivity contribution in [2.24, 2.45) is 4.99 Å². The Bertz CT molecular complexity index is 674. The minimum atomic E-state index is -4.64. The zero-order valence-electron chi connectivity index (χ0n) is 15.9. The first-order valence-electron chi connectivity index (χ1n) is 9.28. The molecule has 0 aromatic carbocycles. The number of hydrogen-bond donors (Lipinski definition) is 3. The second kappa shape index (κ2) is 7.52. The summed E-state index contributed by atoms with van der Waals surface area (Å²) < 4.78 is 65.5. The third-order valence-electron chi connectivity index (χ3n) is 5.57. The molecule has 9 nitrogen and oxygen atoms in total. The van der Waals surface area contributed by atoms with Gasteiger partial charge in [-0.25, -0.2) is 9.79 Å². The Balaban J connectivity index is 2.13. The SMILES string of the molecule is CCC(O)[C@]12C(OC)=NC(C3CCCO3)N(O)C1(F)NC(=O)N2CCC(F)(F)F. The number of amides is 2. The van der Waals surface area contributed by atoms with Crippen LogP contribution in [0.15, 0.2) is 4.99 Å². The number of fused-ring (bicyclic) bond motifs is 1. The number of nitrogens with zero attached hydrogens (tertiary/aromatic N) is 3. The Hall–Kier alpha value is -1.70. The number of aliphatic imine (C=N–C) groups is 1. The number of halogens is 4. The molecule has 0 radical (unpaired) electrons. The van der Waals surface area contributed by atoms with Gasteiger partial charge in [-0.05, 0) is 19.3 Å². The standard InChI is InChI=1S/C16H24F4N4O5/c1-3-10(25)15-12(28-2)21-11(9-5-4-8-29-9)24(27)16(15,20)22-13(26)23(15)7-6-14(17,18)19/h9-11,25,27H,3-8H2,1-2H3,(H,22,26)/t9?,10?,11?,15-,16?/m0/s1. The van der Waals surface area contributed by atoms with E-state index < -0.39 is 60.9 Å². The normalized spacial score (nSPS) is 36.6. The molecule has 3 N–H and O–H groups in total. The summed E-state index contributed by atoms with van der Waals surface area (Å²) in [5.41, 5.74) is -2.53. The number of carbonyl (C=O) groups excluding carboxylic acids is 1. The van der Waals surface area contributed by atoms with Gasteiger partial charge >= 0.3 is 12.2 Å². The molecule has 2 amide bonds. The lowest BCUT2D eigenvalue weighted by atomic mass is 9.82. The van der Waals surface area contributed by atoms with Crippen LogP contribution >= 0.6 is 0 Å². The lowest BCUT2D eigenvalue weighted by Crippen LogP contribution is -2.79. The Kier molecular flexibility index (Phi) is 5.71. The summed E-state index contributed by atoms with van der Waals surface area (Å²) in [7, 11) is 1.10. The van der Waals surface area contributed by atoms with E-state index in [0.29, 0.717) is 24.3 Å². The Labute approximate surface area is 164 Å². The first-order chi connectivity index (χ1) is 13.5. The Morgan fingerprint density at radius 1 is 1.48 bits per heavy atom. The van der Waals surface area contributed by atoms with Gasteiger partial charge in [0.2, 0.25) is 11.4 Å². The summed E-state index contributed by atoms with van der Waals surface area (Å²) in [6, 6.07) is -1.24. The zero-order valence-corrected chi connectivity index (χ0v) is 15.9. The van der Waals surface area contributed by atoms with Crippen LogP contribution in [-0.2, 0) is 9.47 Å². The van der Waals surface area contributed by atoms with Crippen molar-refractivity contribution in [1.82, 2.24) is 15.3 Å². The molecule has 0 spiro atoms. The van der Waals surface area contributed by atoms with E-state index in [0.717, 1.165) is 7.11 Å². The molecule has 3 heterocycles. The van der Waals surface area contributed by atoms with E-state index in [-0.39, 0.29) is 11.5 Å². The van der Waals surface area contributed by atoms with Gasteiger partial charge in [0.05, 0.1) is 25.7 Å². The van der Waals surface area contributed by atoms with E-state index in [1.807, 2.05) is 5.32 Å². The smallest absolute Gasteiger partial charge is 0.390 e. The lowest BCUT2D eigenvalue weighted by molar-refractivity contribution is -0.307. The van der Waals surface area contributed by atoms with E-state index in [4.69, 9.17) is 9.47 Å². The number of nitrogens with one attached hydrogen (secondary N) is 1. The van der Waals surface area contributed by atoms with Gasteiger partial charge in [-0.3, -0.25) is 5.32 Å². The van der Waals surface area contributed by atoms with Crippen molar-refractivity contribution in [3.8, 4) is 0 Å². The van der Waals surface area contributed by atoms with Crippen LogP contribution in [0.25, 0.3) is 0 Å². The molecule has 3 aliphatic rings. The molecule has 2 fully saturated rings. The monoisotopic (exact) mass is 428 g/mol. The largest absolute Gasteiger partial charge is 0.482 e. The number of aliphatic hydroxyl groups excluding tert-OH is 1. The van der Waals surface area contributed by atoms with E-state index >= 15 is 4.39 Å². The molecule has 0 saturated carbocycles. The molecule has 0 aromatic heterocycles. The summed E-state index contributed by atoms with van der Waals surface area (Å²) in [4.78, 5) is 17.2. The van der Waals surface area contributed by atoms with E-state index in [1.54, 1.807) is 0 Å². The lowest BCUT2D eigenvalue weighted by Gasteiger charge is -2.52. The van der Waals surface area contributed by atoms with Gasteiger partial charge in [0.15, 0.2) is 6.17 Å². The van der Waals surface area contributed by atoms with Crippen molar-refractivity contribution in [3.63, 3.8) is 0 Å². The molecule has 4 unspecified atom stereocenters. The molecule has 3 aliphatic heterocycles. The number of urea groups is 1. The highest BCUT2D eigenvalue weighted by Gasteiger charge is 2.77. The highest BCUT2D eigenvalue weighted by atomic mass is 19.4. The second-order valence-corrected chi connectivity index (χ2v) is 7.21. The van der Waals surface area contributed by atoms with Gasteiger partial charge in [0.25, 0.3) is 5.92 Å². The highest BCUT2D eigenvalue weighted by Crippen LogP contribution is 2.48. The van der Waals surface area contributed by atoms with Crippen LogP contribution in [-0.4, -0.2) is 88.5 Å². The van der Waals surface area contributed by atoms with Crippen LogP contribution in [0.1, 0.15) is 32.6 Å². The number of ether oxygens (including phenoxy) is 2. The van der Waals surface area contributed by atoms with E-state index in [2.05, 4.69) is 4.99 Å². The van der Waals surface area contributed by atoms with Crippen LogP contribution < -0.4 is 5.32 Å². The fourth-order valence-electron chi connectivity index (χ4n) is 4.23. The third-order valence-corrected chi connectivity index (χ3v) is 5.57. The summed E-state index contributed by atoms with van der Waals surface area (Å²) in [6.45, 7) is 0.837. The van der Waals surface area contributed by atoms with E-state index in [9.17, 15) is 28.3 Å². The topological polar surface area (TPSA) is 107 Å². The molecule has 0 bridgehead atoms. The van der Waals surface area contributed by atoms with Crippen molar-refractivity contribution in [3.05, 3.63) is 0 Å². The fraction of sp³-hybridized carbons (Fsp3) is 0.875. The number of alkyl halides is 4. The molecular formula is C16H24F4N4O5. The van der Waals surface area contributed by atoms with Crippen molar-refractivity contribution < 1.29 is 42.1 Å². The van der Waals surface area contributed by atoms with Crippen LogP contribution in [0, 0.1) is 0 Å². The molecular weight excluding hydrogens is 404 g/mol. The molecule has 0 aromatic rings. The fourth-order valence-corrected chi connectivity index (χ4v) is 4.23. The molecule has 3 rings (SSSR count). The molecule has 29 heavy (non-hydrogen) atoms. The first-order valence-corrected chi connectivity index (χ1v) is 9.28. The maximum Gasteiger partial charge on any atom is 0.390 e. The van der Waals surface area contributed by atoms with Crippen LogP contribution in [0.3, 0.4) is 0 Å². The summed E-state index contributed by atoms with van der Waals surface area (Å²) >= 11 is 0. The van der Waals surface area contributed by atoms with Crippen LogP contribution in [0.2, 0.25) is 0 Å². The van der Waals surface area contributed by atoms with Gasteiger partial charge in [0, 0.05) is 13.2 Å². The predicted octanol–water partition coefficient (Wildman–Crippen LogP) is 1.35. The van der Waals surface area contributed by atoms with Crippen molar-refractivity contribution in [2.45, 2.75) is 68.6 Å². The average Bonchev–Trinajstić information content (AvgIpc) is 3.25. The van der Waals surface area contributed by atoms with Gasteiger partial charge < -0.3 is 24.7 Å². The average molecular weight is 428 g/mol. The number of hydrogen-bond acceptors (Lipinski definition) is 7. The van der Waals surface area contributed by atoms with Gasteiger partial charge in [-0.1, -0.05) is 6.92 Å². The molecule has 5 atom stereocenters. The number of carbonyl (C=O) groups is 1. The number of rotatable bonds is 5. The number of aliphatic hydroxyl groups is 1. The summed E-state index contributed by atoms with van der Waals surface area (Å²) in [5.74, 6) is -3.70. The number of methoxy groups -OCH3 is 1. The van der Waals surface area contributed by atoms with Crippen molar-refractivity contribution in [2.75, 3.05) is 20.3 Å². The highest BCUT2D eigenvalue weighted by molar-refractivity contribution is 5.97. The quantitative estimate of drug-likeness (QED) is 0.451. The third kappa shape index (κ3) is 3.23. The van der Waals surface area contributed by atoms with Crippen molar-refractivity contribution >= 4 is 11.9 Å².